The Bertz CT molecular complexity index is 352. The molecule has 1 aliphatic rings. The van der Waals surface area contributed by atoms with Gasteiger partial charge in [0.15, 0.2) is 5.69 Å². The Labute approximate surface area is 89.3 Å². The lowest BCUT2D eigenvalue weighted by atomic mass is 10.0. The highest BCUT2D eigenvalue weighted by Crippen LogP contribution is 2.39. The van der Waals surface area contributed by atoms with Gasteiger partial charge in [0.05, 0.1) is 5.54 Å². The third-order valence-electron chi connectivity index (χ3n) is 2.72. The fraction of sp³-hybridized carbons (Fsp3) is 0.667. The van der Waals surface area contributed by atoms with Crippen LogP contribution in [0, 0.1) is 0 Å². The van der Waals surface area contributed by atoms with E-state index in [-0.39, 0.29) is 0 Å². The van der Waals surface area contributed by atoms with Crippen LogP contribution in [0.25, 0.3) is 0 Å². The van der Waals surface area contributed by atoms with Crippen LogP contribution in [0.2, 0.25) is 0 Å². The molecule has 0 amide bonds. The van der Waals surface area contributed by atoms with Gasteiger partial charge in [-0.2, -0.15) is 13.2 Å². The standard InChI is InChI=1S/C9H11F3N2S/c10-9(11,12)6-5-15-7(14-6)8(13)3-1-2-4-8/h5H,1-4,13H2. The molecule has 15 heavy (non-hydrogen) atoms. The number of hydrogen-bond donors (Lipinski definition) is 1. The molecule has 2 rings (SSSR count). The van der Waals surface area contributed by atoms with E-state index in [2.05, 4.69) is 4.98 Å². The van der Waals surface area contributed by atoms with E-state index in [1.165, 1.54) is 0 Å². The van der Waals surface area contributed by atoms with Crippen molar-refractivity contribution in [2.75, 3.05) is 0 Å². The molecule has 0 atom stereocenters. The average Bonchev–Trinajstić information content (AvgIpc) is 2.69. The molecule has 0 unspecified atom stereocenters. The highest BCUT2D eigenvalue weighted by molar-refractivity contribution is 7.09. The highest BCUT2D eigenvalue weighted by Gasteiger charge is 2.38. The molecule has 2 N–H and O–H groups in total. The van der Waals surface area contributed by atoms with E-state index >= 15 is 0 Å². The second-order valence-electron chi connectivity index (χ2n) is 3.90. The maximum Gasteiger partial charge on any atom is 0.434 e. The number of nitrogens with zero attached hydrogens (tertiary/aromatic N) is 1. The maximum atomic E-state index is 12.3. The minimum absolute atomic E-state index is 0.423. The van der Waals surface area contributed by atoms with Crippen molar-refractivity contribution in [2.45, 2.75) is 37.4 Å². The normalized spacial score (nSPS) is 20.8. The predicted molar refractivity (Wildman–Crippen MR) is 51.4 cm³/mol. The minimum Gasteiger partial charge on any atom is -0.319 e. The van der Waals surface area contributed by atoms with Gasteiger partial charge in [-0.3, -0.25) is 0 Å². The quantitative estimate of drug-likeness (QED) is 0.814. The summed E-state index contributed by atoms with van der Waals surface area (Å²) >= 11 is 1.02. The van der Waals surface area contributed by atoms with E-state index in [0.29, 0.717) is 5.01 Å². The molecule has 0 aliphatic heterocycles. The second-order valence-corrected chi connectivity index (χ2v) is 4.76. The molecule has 2 nitrogen and oxygen atoms in total. The SMILES string of the molecule is NC1(c2nc(C(F)(F)F)cs2)CCCC1. The van der Waals surface area contributed by atoms with Crippen molar-refractivity contribution in [3.63, 3.8) is 0 Å². The Hall–Kier alpha value is -0.620. The molecular weight excluding hydrogens is 225 g/mol. The van der Waals surface area contributed by atoms with Gasteiger partial charge in [0, 0.05) is 5.38 Å². The fourth-order valence-electron chi connectivity index (χ4n) is 1.85. The van der Waals surface area contributed by atoms with Crippen LogP contribution in [-0.2, 0) is 11.7 Å². The van der Waals surface area contributed by atoms with Gasteiger partial charge in [0.2, 0.25) is 0 Å². The molecular formula is C9H11F3N2S. The van der Waals surface area contributed by atoms with Crippen LogP contribution in [0.3, 0.4) is 0 Å². The lowest BCUT2D eigenvalue weighted by molar-refractivity contribution is -0.140. The highest BCUT2D eigenvalue weighted by atomic mass is 32.1. The topological polar surface area (TPSA) is 38.9 Å². The van der Waals surface area contributed by atoms with Crippen molar-refractivity contribution in [3.05, 3.63) is 16.1 Å². The Morgan fingerprint density at radius 1 is 1.33 bits per heavy atom. The fourth-order valence-corrected chi connectivity index (χ4v) is 2.85. The van der Waals surface area contributed by atoms with Gasteiger partial charge in [-0.1, -0.05) is 12.8 Å². The minimum atomic E-state index is -4.36. The molecule has 1 aliphatic carbocycles. The Morgan fingerprint density at radius 3 is 2.40 bits per heavy atom. The maximum absolute atomic E-state index is 12.3. The summed E-state index contributed by atoms with van der Waals surface area (Å²) in [6.45, 7) is 0. The Morgan fingerprint density at radius 2 is 1.93 bits per heavy atom. The molecule has 1 saturated carbocycles. The molecule has 84 valence electrons. The summed E-state index contributed by atoms with van der Waals surface area (Å²) in [6.07, 6.45) is -0.950. The molecule has 1 heterocycles. The first kappa shape index (κ1) is 10.9. The molecule has 1 fully saturated rings. The summed E-state index contributed by atoms with van der Waals surface area (Å²) in [5.41, 5.74) is 4.58. The van der Waals surface area contributed by atoms with E-state index in [1.54, 1.807) is 0 Å². The van der Waals surface area contributed by atoms with Crippen molar-refractivity contribution in [1.29, 1.82) is 0 Å². The van der Waals surface area contributed by atoms with Crippen LogP contribution in [0.5, 0.6) is 0 Å². The van der Waals surface area contributed by atoms with E-state index in [4.69, 9.17) is 5.73 Å². The Balaban J connectivity index is 2.27. The number of hydrogen-bond acceptors (Lipinski definition) is 3. The van der Waals surface area contributed by atoms with Crippen LogP contribution in [0.4, 0.5) is 13.2 Å². The molecule has 6 heteroatoms. The number of rotatable bonds is 1. The monoisotopic (exact) mass is 236 g/mol. The molecule has 0 aromatic carbocycles. The van der Waals surface area contributed by atoms with Crippen LogP contribution < -0.4 is 5.73 Å². The number of aromatic nitrogens is 1. The first-order chi connectivity index (χ1) is 6.92. The van der Waals surface area contributed by atoms with Crippen molar-refractivity contribution in [1.82, 2.24) is 4.98 Å². The molecule has 0 saturated heterocycles. The lowest BCUT2D eigenvalue weighted by Crippen LogP contribution is -2.33. The van der Waals surface area contributed by atoms with Crippen LogP contribution >= 0.6 is 11.3 Å². The number of nitrogens with two attached hydrogens (primary N) is 1. The van der Waals surface area contributed by atoms with Gasteiger partial charge in [0.1, 0.15) is 5.01 Å². The van der Waals surface area contributed by atoms with Crippen LogP contribution in [-0.4, -0.2) is 4.98 Å². The van der Waals surface area contributed by atoms with Gasteiger partial charge >= 0.3 is 6.18 Å². The number of thiazole rings is 1. The zero-order valence-corrected chi connectivity index (χ0v) is 8.79. The van der Waals surface area contributed by atoms with E-state index in [9.17, 15) is 13.2 Å². The average molecular weight is 236 g/mol. The van der Waals surface area contributed by atoms with Crippen molar-refractivity contribution in [3.8, 4) is 0 Å². The Kier molecular flexibility index (Phi) is 2.50. The zero-order valence-electron chi connectivity index (χ0n) is 7.97. The van der Waals surface area contributed by atoms with E-state index in [0.717, 1.165) is 42.4 Å². The summed E-state index contributed by atoms with van der Waals surface area (Å²) in [5, 5.41) is 1.47. The summed E-state index contributed by atoms with van der Waals surface area (Å²) in [5.74, 6) is 0. The van der Waals surface area contributed by atoms with Gasteiger partial charge < -0.3 is 5.73 Å². The molecule has 0 radical (unpaired) electrons. The van der Waals surface area contributed by atoms with Gasteiger partial charge in [-0.15, -0.1) is 11.3 Å². The molecule has 0 bridgehead atoms. The molecule has 1 aromatic heterocycles. The molecule has 0 spiro atoms. The summed E-state index contributed by atoms with van der Waals surface area (Å²) < 4.78 is 36.9. The van der Waals surface area contributed by atoms with Crippen molar-refractivity contribution < 1.29 is 13.2 Å². The first-order valence-corrected chi connectivity index (χ1v) is 5.62. The summed E-state index contributed by atoms with van der Waals surface area (Å²) in [7, 11) is 0. The largest absolute Gasteiger partial charge is 0.434 e. The third-order valence-corrected chi connectivity index (χ3v) is 3.78. The smallest absolute Gasteiger partial charge is 0.319 e. The third kappa shape index (κ3) is 2.01. The first-order valence-electron chi connectivity index (χ1n) is 4.74. The number of alkyl halides is 3. The number of halogens is 3. The van der Waals surface area contributed by atoms with Crippen molar-refractivity contribution in [2.24, 2.45) is 5.73 Å². The van der Waals surface area contributed by atoms with E-state index < -0.39 is 17.4 Å². The van der Waals surface area contributed by atoms with E-state index in [1.807, 2.05) is 0 Å². The predicted octanol–water partition coefficient (Wildman–Crippen LogP) is 2.89. The van der Waals surface area contributed by atoms with Gasteiger partial charge in [0.25, 0.3) is 0 Å². The summed E-state index contributed by atoms with van der Waals surface area (Å²) in [4.78, 5) is 3.60. The molecule has 1 aromatic rings. The van der Waals surface area contributed by atoms with Gasteiger partial charge in [-0.25, -0.2) is 4.98 Å². The zero-order chi connectivity index (χ0) is 11.1. The summed E-state index contributed by atoms with van der Waals surface area (Å²) in [6, 6.07) is 0. The van der Waals surface area contributed by atoms with Crippen molar-refractivity contribution >= 4 is 11.3 Å². The van der Waals surface area contributed by atoms with Crippen LogP contribution in [0.1, 0.15) is 36.4 Å². The second kappa shape index (κ2) is 3.45. The van der Waals surface area contributed by atoms with Gasteiger partial charge in [-0.05, 0) is 12.8 Å². The van der Waals surface area contributed by atoms with Crippen LogP contribution in [0.15, 0.2) is 5.38 Å². The lowest BCUT2D eigenvalue weighted by Gasteiger charge is -2.19.